The molecule has 0 saturated carbocycles. The molecule has 2 rings (SSSR count). The summed E-state index contributed by atoms with van der Waals surface area (Å²) < 4.78 is 4.86. The average molecular weight is 245 g/mol. The highest BCUT2D eigenvalue weighted by atomic mass is 16.5. The van der Waals surface area contributed by atoms with Crippen molar-refractivity contribution in [2.24, 2.45) is 0 Å². The second-order valence-electron chi connectivity index (χ2n) is 3.95. The first kappa shape index (κ1) is 12.4. The number of carbonyl (C=O) groups excluding carboxylic acids is 1. The van der Waals surface area contributed by atoms with Crippen molar-refractivity contribution >= 4 is 16.9 Å². The lowest BCUT2D eigenvalue weighted by atomic mass is 10.1. The van der Waals surface area contributed by atoms with Crippen LogP contribution >= 0.6 is 0 Å². The Bertz CT molecular complexity index is 643. The molecule has 0 aliphatic carbocycles. The molecule has 0 spiro atoms. The van der Waals surface area contributed by atoms with Crippen molar-refractivity contribution < 1.29 is 9.53 Å². The van der Waals surface area contributed by atoms with E-state index < -0.39 is 5.97 Å². The number of fused-ring (bicyclic) bond motifs is 1. The molecular weight excluding hydrogens is 230 g/mol. The number of esters is 1. The third-order valence-corrected chi connectivity index (χ3v) is 2.88. The van der Waals surface area contributed by atoms with E-state index in [0.717, 1.165) is 17.5 Å². The van der Waals surface area contributed by atoms with Gasteiger partial charge >= 0.3 is 5.97 Å². The van der Waals surface area contributed by atoms with E-state index >= 15 is 0 Å². The first-order chi connectivity index (χ1) is 8.69. The third kappa shape index (κ3) is 2.01. The van der Waals surface area contributed by atoms with Crippen molar-refractivity contribution in [1.82, 2.24) is 4.98 Å². The minimum Gasteiger partial charge on any atom is -0.462 e. The number of rotatable bonds is 3. The van der Waals surface area contributed by atoms with Crippen molar-refractivity contribution in [2.75, 3.05) is 6.61 Å². The number of benzene rings is 1. The Labute approximate surface area is 105 Å². The lowest BCUT2D eigenvalue weighted by Crippen LogP contribution is -2.18. The highest BCUT2D eigenvalue weighted by molar-refractivity contribution is 5.94. The molecule has 1 N–H and O–H groups in total. The predicted molar refractivity (Wildman–Crippen MR) is 69.9 cm³/mol. The van der Waals surface area contributed by atoms with E-state index in [-0.39, 0.29) is 17.6 Å². The summed E-state index contributed by atoms with van der Waals surface area (Å²) in [5, 5.41) is 0.528. The molecule has 18 heavy (non-hydrogen) atoms. The highest BCUT2D eigenvalue weighted by Crippen LogP contribution is 2.14. The van der Waals surface area contributed by atoms with Crippen molar-refractivity contribution in [3.8, 4) is 0 Å². The summed E-state index contributed by atoms with van der Waals surface area (Å²) in [5.41, 5.74) is 1.62. The molecule has 1 aromatic carbocycles. The third-order valence-electron chi connectivity index (χ3n) is 2.88. The van der Waals surface area contributed by atoms with E-state index in [1.807, 2.05) is 19.1 Å². The first-order valence-corrected chi connectivity index (χ1v) is 5.99. The number of H-pyrrole nitrogens is 1. The van der Waals surface area contributed by atoms with Gasteiger partial charge in [-0.1, -0.05) is 19.1 Å². The van der Waals surface area contributed by atoms with Gasteiger partial charge in [0.05, 0.1) is 12.1 Å². The summed E-state index contributed by atoms with van der Waals surface area (Å²) in [6, 6.07) is 5.50. The van der Waals surface area contributed by atoms with Crippen molar-refractivity contribution in [1.29, 1.82) is 0 Å². The number of aromatic nitrogens is 1. The Hall–Kier alpha value is -2.10. The van der Waals surface area contributed by atoms with Gasteiger partial charge in [-0.2, -0.15) is 0 Å². The fourth-order valence-corrected chi connectivity index (χ4v) is 1.97. The van der Waals surface area contributed by atoms with E-state index in [2.05, 4.69) is 4.98 Å². The van der Waals surface area contributed by atoms with E-state index in [4.69, 9.17) is 4.74 Å². The number of nitrogens with one attached hydrogen (secondary N) is 1. The van der Waals surface area contributed by atoms with E-state index in [1.165, 1.54) is 6.20 Å². The van der Waals surface area contributed by atoms with Crippen LogP contribution in [0.2, 0.25) is 0 Å². The Morgan fingerprint density at radius 3 is 2.78 bits per heavy atom. The summed E-state index contributed by atoms with van der Waals surface area (Å²) in [6.45, 7) is 3.99. The molecule has 0 unspecified atom stereocenters. The van der Waals surface area contributed by atoms with Crippen LogP contribution in [0.15, 0.2) is 29.2 Å². The minimum atomic E-state index is -0.581. The second-order valence-corrected chi connectivity index (χ2v) is 3.95. The number of carbonyl (C=O) groups is 1. The zero-order valence-electron chi connectivity index (χ0n) is 10.4. The van der Waals surface area contributed by atoms with Gasteiger partial charge in [0.2, 0.25) is 5.43 Å². The molecule has 0 bridgehead atoms. The number of pyridine rings is 1. The van der Waals surface area contributed by atoms with Gasteiger partial charge in [0, 0.05) is 11.6 Å². The number of aromatic amines is 1. The smallest absolute Gasteiger partial charge is 0.343 e. The molecule has 0 aliphatic heterocycles. The topological polar surface area (TPSA) is 59.2 Å². The maximum atomic E-state index is 12.2. The van der Waals surface area contributed by atoms with Crippen LogP contribution in [-0.4, -0.2) is 17.6 Å². The highest BCUT2D eigenvalue weighted by Gasteiger charge is 2.14. The molecule has 0 aliphatic rings. The number of hydrogen-bond donors (Lipinski definition) is 1. The van der Waals surface area contributed by atoms with Gasteiger partial charge in [-0.15, -0.1) is 0 Å². The molecule has 0 saturated heterocycles. The molecule has 1 heterocycles. The van der Waals surface area contributed by atoms with Gasteiger partial charge in [0.15, 0.2) is 0 Å². The Balaban J connectivity index is 2.65. The van der Waals surface area contributed by atoms with E-state index in [9.17, 15) is 9.59 Å². The second kappa shape index (κ2) is 5.04. The maximum absolute atomic E-state index is 12.2. The number of aryl methyl sites for hydroxylation is 1. The average Bonchev–Trinajstić information content (AvgIpc) is 2.39. The van der Waals surface area contributed by atoms with Crippen molar-refractivity contribution in [3.63, 3.8) is 0 Å². The Kier molecular flexibility index (Phi) is 3.46. The summed E-state index contributed by atoms with van der Waals surface area (Å²) in [4.78, 5) is 26.8. The molecule has 4 heteroatoms. The number of para-hydroxylation sites is 1. The van der Waals surface area contributed by atoms with Crippen molar-refractivity contribution in [2.45, 2.75) is 20.3 Å². The molecule has 4 nitrogen and oxygen atoms in total. The van der Waals surface area contributed by atoms with E-state index in [0.29, 0.717) is 5.39 Å². The van der Waals surface area contributed by atoms with Gasteiger partial charge in [-0.05, 0) is 25.0 Å². The fraction of sp³-hybridized carbons (Fsp3) is 0.286. The molecule has 0 amide bonds. The van der Waals surface area contributed by atoms with Gasteiger partial charge in [0.25, 0.3) is 0 Å². The maximum Gasteiger partial charge on any atom is 0.343 e. The summed E-state index contributed by atoms with van der Waals surface area (Å²) >= 11 is 0. The SMILES string of the molecule is CCOC(=O)c1c[nH]c2c(CC)cccc2c1=O. The van der Waals surface area contributed by atoms with Gasteiger partial charge in [-0.3, -0.25) is 4.79 Å². The van der Waals surface area contributed by atoms with Crippen LogP contribution < -0.4 is 5.43 Å². The van der Waals surface area contributed by atoms with Crippen LogP contribution in [0.25, 0.3) is 10.9 Å². The van der Waals surface area contributed by atoms with Crippen LogP contribution in [0.5, 0.6) is 0 Å². The molecule has 1 aromatic heterocycles. The van der Waals surface area contributed by atoms with Gasteiger partial charge in [-0.25, -0.2) is 4.79 Å². The first-order valence-electron chi connectivity index (χ1n) is 5.99. The summed E-state index contributed by atoms with van der Waals surface area (Å²) in [6.07, 6.45) is 2.26. The van der Waals surface area contributed by atoms with Gasteiger partial charge < -0.3 is 9.72 Å². The lowest BCUT2D eigenvalue weighted by molar-refractivity contribution is 0.0524. The molecule has 2 aromatic rings. The van der Waals surface area contributed by atoms with Crippen LogP contribution in [-0.2, 0) is 11.2 Å². The molecule has 0 atom stereocenters. The van der Waals surface area contributed by atoms with Crippen LogP contribution in [0.4, 0.5) is 0 Å². The molecule has 0 radical (unpaired) electrons. The van der Waals surface area contributed by atoms with Crippen LogP contribution in [0, 0.1) is 0 Å². The quantitative estimate of drug-likeness (QED) is 0.844. The van der Waals surface area contributed by atoms with E-state index in [1.54, 1.807) is 13.0 Å². The zero-order valence-corrected chi connectivity index (χ0v) is 10.4. The fourth-order valence-electron chi connectivity index (χ4n) is 1.97. The largest absolute Gasteiger partial charge is 0.462 e. The van der Waals surface area contributed by atoms with Crippen LogP contribution in [0.3, 0.4) is 0 Å². The normalized spacial score (nSPS) is 10.6. The summed E-state index contributed by atoms with van der Waals surface area (Å²) in [7, 11) is 0. The summed E-state index contributed by atoms with van der Waals surface area (Å²) in [5.74, 6) is -0.581. The number of ether oxygens (including phenoxy) is 1. The standard InChI is InChI=1S/C14H15NO3/c1-3-9-6-5-7-10-12(9)15-8-11(13(10)16)14(17)18-4-2/h5-8H,3-4H2,1-2H3,(H,15,16). The zero-order chi connectivity index (χ0) is 13.1. The molecular formula is C14H15NO3. The monoisotopic (exact) mass is 245 g/mol. The predicted octanol–water partition coefficient (Wildman–Crippen LogP) is 2.27. The molecule has 0 fully saturated rings. The molecule has 94 valence electrons. The van der Waals surface area contributed by atoms with Crippen molar-refractivity contribution in [3.05, 3.63) is 45.7 Å². The lowest BCUT2D eigenvalue weighted by Gasteiger charge is -2.06. The minimum absolute atomic E-state index is 0.0533. The van der Waals surface area contributed by atoms with Crippen LogP contribution in [0.1, 0.15) is 29.8 Å². The van der Waals surface area contributed by atoms with Gasteiger partial charge in [0.1, 0.15) is 5.56 Å². The Morgan fingerprint density at radius 2 is 2.11 bits per heavy atom. The Morgan fingerprint density at radius 1 is 1.33 bits per heavy atom. The number of hydrogen-bond acceptors (Lipinski definition) is 3.